The van der Waals surface area contributed by atoms with Crippen molar-refractivity contribution in [2.24, 2.45) is 5.92 Å². The van der Waals surface area contributed by atoms with Crippen LogP contribution in [-0.2, 0) is 19.4 Å². The molecule has 3 aromatic rings. The zero-order valence-corrected chi connectivity index (χ0v) is 19.7. The van der Waals surface area contributed by atoms with Crippen molar-refractivity contribution in [3.63, 3.8) is 0 Å². The fourth-order valence-electron chi connectivity index (χ4n) is 4.74. The van der Waals surface area contributed by atoms with Crippen molar-refractivity contribution in [2.45, 2.75) is 38.4 Å². The minimum absolute atomic E-state index is 0.0476. The Bertz CT molecular complexity index is 1020. The third kappa shape index (κ3) is 6.60. The Morgan fingerprint density at radius 3 is 2.35 bits per heavy atom. The molecule has 4 rings (SSSR count). The van der Waals surface area contributed by atoms with E-state index in [1.807, 2.05) is 0 Å². The molecule has 0 amide bonds. The first-order chi connectivity index (χ1) is 16.6. The lowest BCUT2D eigenvalue weighted by atomic mass is 9.90. The molecular weight excluding hydrogens is 424 g/mol. The number of aliphatic hydroxyl groups is 2. The summed E-state index contributed by atoms with van der Waals surface area (Å²) in [6.45, 7) is 3.18. The number of phenols is 1. The van der Waals surface area contributed by atoms with Crippen LogP contribution in [0.4, 0.5) is 5.69 Å². The van der Waals surface area contributed by atoms with Gasteiger partial charge in [-0.25, -0.2) is 0 Å². The highest BCUT2D eigenvalue weighted by Crippen LogP contribution is 2.26. The number of aliphatic hydroxyl groups excluding tert-OH is 2. The highest BCUT2D eigenvalue weighted by molar-refractivity contribution is 5.48. The monoisotopic (exact) mass is 460 g/mol. The molecular formula is C29H36N2O3. The van der Waals surface area contributed by atoms with Crippen molar-refractivity contribution >= 4 is 5.69 Å². The summed E-state index contributed by atoms with van der Waals surface area (Å²) in [5.74, 6) is 0.822. The number of rotatable bonds is 10. The Balaban J connectivity index is 1.18. The fraction of sp³-hybridized carbons (Fsp3) is 0.379. The van der Waals surface area contributed by atoms with Gasteiger partial charge in [0.25, 0.3) is 0 Å². The van der Waals surface area contributed by atoms with Crippen molar-refractivity contribution in [3.05, 3.63) is 95.1 Å². The smallest absolute Gasteiger partial charge is 0.121 e. The standard InChI is InChI=1S/C29H36N2O3/c32-21-26-19-25(8-11-28(26)33)29(34)20-30-15-12-22-6-9-27(10-7-22)31-16-13-24(14-17-31)18-23-4-2-1-3-5-23/h1-11,19,24,29-30,32-34H,12-18,20-21H2. The maximum atomic E-state index is 10.4. The molecule has 1 unspecified atom stereocenters. The van der Waals surface area contributed by atoms with Gasteiger partial charge in [-0.3, -0.25) is 0 Å². The van der Waals surface area contributed by atoms with E-state index in [0.717, 1.165) is 32.0 Å². The molecule has 1 aliphatic rings. The molecule has 0 radical (unpaired) electrons. The van der Waals surface area contributed by atoms with Gasteiger partial charge in [-0.15, -0.1) is 0 Å². The van der Waals surface area contributed by atoms with Crippen LogP contribution in [0.2, 0.25) is 0 Å². The van der Waals surface area contributed by atoms with Crippen LogP contribution in [0.5, 0.6) is 5.75 Å². The number of hydrogen-bond donors (Lipinski definition) is 4. The predicted octanol–water partition coefficient (Wildman–Crippen LogP) is 4.21. The van der Waals surface area contributed by atoms with E-state index in [4.69, 9.17) is 0 Å². The Morgan fingerprint density at radius 2 is 1.65 bits per heavy atom. The zero-order valence-electron chi connectivity index (χ0n) is 19.7. The topological polar surface area (TPSA) is 76.0 Å². The summed E-state index contributed by atoms with van der Waals surface area (Å²) >= 11 is 0. The van der Waals surface area contributed by atoms with E-state index in [1.54, 1.807) is 12.1 Å². The highest BCUT2D eigenvalue weighted by atomic mass is 16.3. The van der Waals surface area contributed by atoms with E-state index in [2.05, 4.69) is 64.8 Å². The highest BCUT2D eigenvalue weighted by Gasteiger charge is 2.19. The van der Waals surface area contributed by atoms with Crippen molar-refractivity contribution in [2.75, 3.05) is 31.1 Å². The number of nitrogens with one attached hydrogen (secondary N) is 1. The van der Waals surface area contributed by atoms with E-state index in [1.165, 1.54) is 42.1 Å². The first-order valence-corrected chi connectivity index (χ1v) is 12.3. The average Bonchev–Trinajstić information content (AvgIpc) is 2.88. The molecule has 3 aromatic carbocycles. The molecule has 0 bridgehead atoms. The Labute approximate surface area is 202 Å². The van der Waals surface area contributed by atoms with Gasteiger partial charge in [0.15, 0.2) is 0 Å². The first-order valence-electron chi connectivity index (χ1n) is 12.3. The van der Waals surface area contributed by atoms with E-state index >= 15 is 0 Å². The quantitative estimate of drug-likeness (QED) is 0.341. The molecule has 1 atom stereocenters. The summed E-state index contributed by atoms with van der Waals surface area (Å²) in [6.07, 6.45) is 3.87. The van der Waals surface area contributed by atoms with Gasteiger partial charge in [-0.05, 0) is 79.1 Å². The molecule has 0 spiro atoms. The van der Waals surface area contributed by atoms with Crippen LogP contribution in [0.15, 0.2) is 72.8 Å². The van der Waals surface area contributed by atoms with Crippen LogP contribution in [0.25, 0.3) is 0 Å². The number of anilines is 1. The summed E-state index contributed by atoms with van der Waals surface area (Å²) in [5.41, 5.74) is 5.14. The maximum absolute atomic E-state index is 10.4. The van der Waals surface area contributed by atoms with Gasteiger partial charge in [0.2, 0.25) is 0 Å². The summed E-state index contributed by atoms with van der Waals surface area (Å²) in [5, 5.41) is 32.6. The fourth-order valence-corrected chi connectivity index (χ4v) is 4.74. The minimum atomic E-state index is -0.682. The Kier molecular flexibility index (Phi) is 8.58. The molecule has 5 heteroatoms. The van der Waals surface area contributed by atoms with Gasteiger partial charge < -0.3 is 25.5 Å². The van der Waals surface area contributed by atoms with Crippen LogP contribution in [-0.4, -0.2) is 41.5 Å². The molecule has 180 valence electrons. The van der Waals surface area contributed by atoms with Gasteiger partial charge in [-0.2, -0.15) is 0 Å². The molecule has 1 fully saturated rings. The third-order valence-electron chi connectivity index (χ3n) is 6.87. The third-order valence-corrected chi connectivity index (χ3v) is 6.87. The maximum Gasteiger partial charge on any atom is 0.121 e. The second kappa shape index (κ2) is 12.0. The number of piperidine rings is 1. The molecule has 1 aliphatic heterocycles. The minimum Gasteiger partial charge on any atom is -0.508 e. The van der Waals surface area contributed by atoms with Crippen LogP contribution >= 0.6 is 0 Å². The normalized spacial score (nSPS) is 15.4. The lowest BCUT2D eigenvalue weighted by Gasteiger charge is -2.33. The summed E-state index contributed by atoms with van der Waals surface area (Å²) < 4.78 is 0. The van der Waals surface area contributed by atoms with E-state index < -0.39 is 6.10 Å². The van der Waals surface area contributed by atoms with Crippen molar-refractivity contribution in [1.82, 2.24) is 5.32 Å². The van der Waals surface area contributed by atoms with Crippen LogP contribution in [0.1, 0.15) is 41.2 Å². The lowest BCUT2D eigenvalue weighted by Crippen LogP contribution is -2.34. The molecule has 5 nitrogen and oxygen atoms in total. The van der Waals surface area contributed by atoms with Gasteiger partial charge >= 0.3 is 0 Å². The van der Waals surface area contributed by atoms with E-state index in [-0.39, 0.29) is 12.4 Å². The zero-order chi connectivity index (χ0) is 23.8. The number of benzene rings is 3. The summed E-state index contributed by atoms with van der Waals surface area (Å²) in [4.78, 5) is 2.50. The lowest BCUT2D eigenvalue weighted by molar-refractivity contribution is 0.174. The average molecular weight is 461 g/mol. The second-order valence-corrected chi connectivity index (χ2v) is 9.30. The SMILES string of the molecule is OCc1cc(C(O)CNCCc2ccc(N3CCC(Cc4ccccc4)CC3)cc2)ccc1O. The van der Waals surface area contributed by atoms with E-state index in [9.17, 15) is 15.3 Å². The van der Waals surface area contributed by atoms with Crippen molar-refractivity contribution < 1.29 is 15.3 Å². The van der Waals surface area contributed by atoms with Gasteiger partial charge in [-0.1, -0.05) is 48.5 Å². The van der Waals surface area contributed by atoms with Crippen molar-refractivity contribution in [3.8, 4) is 5.75 Å². The molecule has 0 aliphatic carbocycles. The number of hydrogen-bond acceptors (Lipinski definition) is 5. The predicted molar refractivity (Wildman–Crippen MR) is 137 cm³/mol. The Hall–Kier alpha value is -2.86. The summed E-state index contributed by atoms with van der Waals surface area (Å²) in [6, 6.07) is 24.5. The van der Waals surface area contributed by atoms with E-state index in [0.29, 0.717) is 17.7 Å². The van der Waals surface area contributed by atoms with Crippen LogP contribution < -0.4 is 10.2 Å². The molecule has 1 saturated heterocycles. The van der Waals surface area contributed by atoms with Crippen LogP contribution in [0.3, 0.4) is 0 Å². The Morgan fingerprint density at radius 1 is 0.912 bits per heavy atom. The van der Waals surface area contributed by atoms with Crippen molar-refractivity contribution in [1.29, 1.82) is 0 Å². The second-order valence-electron chi connectivity index (χ2n) is 9.30. The van der Waals surface area contributed by atoms with Gasteiger partial charge in [0.1, 0.15) is 5.75 Å². The number of aromatic hydroxyl groups is 1. The summed E-state index contributed by atoms with van der Waals surface area (Å²) in [7, 11) is 0. The molecule has 34 heavy (non-hydrogen) atoms. The van der Waals surface area contributed by atoms with Gasteiger partial charge in [0.05, 0.1) is 12.7 Å². The largest absolute Gasteiger partial charge is 0.508 e. The molecule has 0 aromatic heterocycles. The molecule has 0 saturated carbocycles. The first kappa shape index (κ1) is 24.3. The molecule has 1 heterocycles. The van der Waals surface area contributed by atoms with Crippen LogP contribution in [0, 0.1) is 5.92 Å². The molecule has 4 N–H and O–H groups in total. The van der Waals surface area contributed by atoms with Gasteiger partial charge in [0, 0.05) is 30.9 Å². The number of nitrogens with zero attached hydrogens (tertiary/aromatic N) is 1.